The second kappa shape index (κ2) is 11.8. The molecule has 0 spiro atoms. The van der Waals surface area contributed by atoms with E-state index in [4.69, 9.17) is 14.2 Å². The Hall–Kier alpha value is -0.850. The minimum Gasteiger partial charge on any atom is -0.383 e. The highest BCUT2D eigenvalue weighted by Crippen LogP contribution is 2.11. The molecule has 1 aliphatic heterocycles. The molecule has 0 aromatic carbocycles. The summed E-state index contributed by atoms with van der Waals surface area (Å²) in [6, 6.07) is 0.220. The zero-order chi connectivity index (χ0) is 15.3. The Balaban J connectivity index is 2.34. The number of rotatable bonds is 10. The molecule has 2 N–H and O–H groups in total. The van der Waals surface area contributed by atoms with Crippen molar-refractivity contribution in [2.24, 2.45) is 4.99 Å². The molecule has 124 valence electrons. The van der Waals surface area contributed by atoms with Crippen LogP contribution in [0.3, 0.4) is 0 Å². The average Bonchev–Trinajstić information content (AvgIpc) is 2.97. The zero-order valence-corrected chi connectivity index (χ0v) is 13.7. The first-order chi connectivity index (χ1) is 10.3. The van der Waals surface area contributed by atoms with Crippen molar-refractivity contribution in [2.45, 2.75) is 45.3 Å². The number of hydrogen-bond donors (Lipinski definition) is 2. The summed E-state index contributed by atoms with van der Waals surface area (Å²) in [6.45, 7) is 8.70. The van der Waals surface area contributed by atoms with Gasteiger partial charge < -0.3 is 24.8 Å². The third-order valence-corrected chi connectivity index (χ3v) is 3.24. The summed E-state index contributed by atoms with van der Waals surface area (Å²) in [7, 11) is 1.71. The van der Waals surface area contributed by atoms with Gasteiger partial charge in [0.2, 0.25) is 0 Å². The van der Waals surface area contributed by atoms with E-state index < -0.39 is 0 Å². The average molecular weight is 301 g/mol. The monoisotopic (exact) mass is 301 g/mol. The van der Waals surface area contributed by atoms with E-state index in [1.165, 1.54) is 0 Å². The van der Waals surface area contributed by atoms with Crippen molar-refractivity contribution in [3.63, 3.8) is 0 Å². The lowest BCUT2D eigenvalue weighted by Crippen LogP contribution is -2.44. The molecule has 0 bridgehead atoms. The molecule has 1 aliphatic rings. The van der Waals surface area contributed by atoms with E-state index in [0.29, 0.717) is 13.2 Å². The van der Waals surface area contributed by atoms with Crippen LogP contribution >= 0.6 is 0 Å². The summed E-state index contributed by atoms with van der Waals surface area (Å²) in [4.78, 5) is 4.62. The van der Waals surface area contributed by atoms with Crippen LogP contribution in [0.25, 0.3) is 0 Å². The zero-order valence-electron chi connectivity index (χ0n) is 13.7. The van der Waals surface area contributed by atoms with Crippen molar-refractivity contribution in [1.82, 2.24) is 10.6 Å². The van der Waals surface area contributed by atoms with E-state index in [-0.39, 0.29) is 12.1 Å². The molecule has 0 radical (unpaired) electrons. The van der Waals surface area contributed by atoms with E-state index >= 15 is 0 Å². The smallest absolute Gasteiger partial charge is 0.191 e. The number of hydrogen-bond acceptors (Lipinski definition) is 4. The number of nitrogens with one attached hydrogen (secondary N) is 2. The van der Waals surface area contributed by atoms with Gasteiger partial charge in [-0.25, -0.2) is 0 Å². The Morgan fingerprint density at radius 2 is 2.33 bits per heavy atom. The number of nitrogens with zero attached hydrogens (tertiary/aromatic N) is 1. The number of methoxy groups -OCH3 is 1. The molecule has 0 aromatic rings. The van der Waals surface area contributed by atoms with Crippen LogP contribution in [-0.2, 0) is 14.2 Å². The van der Waals surface area contributed by atoms with Crippen LogP contribution in [-0.4, -0.2) is 64.7 Å². The van der Waals surface area contributed by atoms with Gasteiger partial charge in [0.15, 0.2) is 5.96 Å². The van der Waals surface area contributed by atoms with Gasteiger partial charge >= 0.3 is 0 Å². The lowest BCUT2D eigenvalue weighted by Gasteiger charge is -2.18. The predicted molar refractivity (Wildman–Crippen MR) is 84.9 cm³/mol. The van der Waals surface area contributed by atoms with Crippen molar-refractivity contribution in [3.8, 4) is 0 Å². The van der Waals surface area contributed by atoms with Crippen LogP contribution < -0.4 is 10.6 Å². The maximum atomic E-state index is 5.61. The van der Waals surface area contributed by atoms with Gasteiger partial charge in [-0.3, -0.25) is 4.99 Å². The lowest BCUT2D eigenvalue weighted by atomic mass is 10.2. The molecule has 0 saturated carbocycles. The van der Waals surface area contributed by atoms with Crippen molar-refractivity contribution in [2.75, 3.05) is 46.6 Å². The van der Waals surface area contributed by atoms with E-state index in [2.05, 4.69) is 22.5 Å². The second-order valence-corrected chi connectivity index (χ2v) is 5.30. The minimum absolute atomic E-state index is 0.220. The van der Waals surface area contributed by atoms with Gasteiger partial charge in [-0.15, -0.1) is 0 Å². The molecular formula is C15H31N3O3. The highest BCUT2D eigenvalue weighted by molar-refractivity contribution is 5.80. The Labute approximate surface area is 128 Å². The summed E-state index contributed by atoms with van der Waals surface area (Å²) < 4.78 is 16.1. The molecule has 1 fully saturated rings. The van der Waals surface area contributed by atoms with E-state index in [1.54, 1.807) is 7.11 Å². The molecule has 2 atom stereocenters. The first-order valence-electron chi connectivity index (χ1n) is 7.99. The minimum atomic E-state index is 0.220. The fourth-order valence-electron chi connectivity index (χ4n) is 2.18. The van der Waals surface area contributed by atoms with Gasteiger partial charge in [0.05, 0.1) is 19.3 Å². The number of aliphatic imine (C=N–C) groups is 1. The standard InChI is InChI=1S/C15H31N3O3/c1-4-20-9-6-8-16-15(18-13(2)12-19-3)17-11-14-7-5-10-21-14/h13-14H,4-12H2,1-3H3,(H2,16,17,18). The molecule has 6 nitrogen and oxygen atoms in total. The van der Waals surface area contributed by atoms with Crippen molar-refractivity contribution in [1.29, 1.82) is 0 Å². The van der Waals surface area contributed by atoms with Gasteiger partial charge in [-0.2, -0.15) is 0 Å². The molecular weight excluding hydrogens is 270 g/mol. The summed E-state index contributed by atoms with van der Waals surface area (Å²) in [5.41, 5.74) is 0. The Bertz CT molecular complexity index is 281. The normalized spacial score (nSPS) is 20.5. The topological polar surface area (TPSA) is 64.1 Å². The molecule has 0 amide bonds. The van der Waals surface area contributed by atoms with Crippen molar-refractivity contribution in [3.05, 3.63) is 0 Å². The summed E-state index contributed by atoms with van der Waals surface area (Å²) in [5, 5.41) is 6.69. The molecule has 0 aromatic heterocycles. The highest BCUT2D eigenvalue weighted by atomic mass is 16.5. The maximum absolute atomic E-state index is 5.61. The van der Waals surface area contributed by atoms with E-state index in [9.17, 15) is 0 Å². The SMILES string of the molecule is CCOCCCNC(=NCC1CCCO1)NC(C)COC. The highest BCUT2D eigenvalue weighted by Gasteiger charge is 2.15. The Kier molecular flexibility index (Phi) is 10.2. The molecule has 6 heteroatoms. The van der Waals surface area contributed by atoms with Gasteiger partial charge in [-0.1, -0.05) is 0 Å². The van der Waals surface area contributed by atoms with Gasteiger partial charge in [0.1, 0.15) is 0 Å². The van der Waals surface area contributed by atoms with Gasteiger partial charge in [-0.05, 0) is 33.1 Å². The van der Waals surface area contributed by atoms with E-state index in [0.717, 1.165) is 51.6 Å². The predicted octanol–water partition coefficient (Wildman–Crippen LogP) is 1.16. The third kappa shape index (κ3) is 8.90. The molecule has 2 unspecified atom stereocenters. The Morgan fingerprint density at radius 3 is 3.00 bits per heavy atom. The van der Waals surface area contributed by atoms with Crippen LogP contribution in [0.1, 0.15) is 33.1 Å². The molecule has 0 aliphatic carbocycles. The summed E-state index contributed by atoms with van der Waals surface area (Å²) >= 11 is 0. The number of guanidine groups is 1. The molecule has 1 rings (SSSR count). The quantitative estimate of drug-likeness (QED) is 0.360. The number of ether oxygens (including phenoxy) is 3. The second-order valence-electron chi connectivity index (χ2n) is 5.30. The summed E-state index contributed by atoms with van der Waals surface area (Å²) in [6.07, 6.45) is 3.48. The molecule has 21 heavy (non-hydrogen) atoms. The van der Waals surface area contributed by atoms with Crippen LogP contribution in [0.4, 0.5) is 0 Å². The fourth-order valence-corrected chi connectivity index (χ4v) is 2.18. The Morgan fingerprint density at radius 1 is 1.48 bits per heavy atom. The van der Waals surface area contributed by atoms with E-state index in [1.807, 2.05) is 6.92 Å². The lowest BCUT2D eigenvalue weighted by molar-refractivity contribution is 0.117. The van der Waals surface area contributed by atoms with Crippen LogP contribution in [0.5, 0.6) is 0 Å². The van der Waals surface area contributed by atoms with Crippen molar-refractivity contribution >= 4 is 5.96 Å². The van der Waals surface area contributed by atoms with Crippen LogP contribution in [0, 0.1) is 0 Å². The first-order valence-corrected chi connectivity index (χ1v) is 7.99. The molecule has 1 heterocycles. The van der Waals surface area contributed by atoms with Crippen LogP contribution in [0.2, 0.25) is 0 Å². The fraction of sp³-hybridized carbons (Fsp3) is 0.933. The largest absolute Gasteiger partial charge is 0.383 e. The van der Waals surface area contributed by atoms with Gasteiger partial charge in [0.25, 0.3) is 0 Å². The molecule has 1 saturated heterocycles. The first kappa shape index (κ1) is 18.2. The van der Waals surface area contributed by atoms with Crippen molar-refractivity contribution < 1.29 is 14.2 Å². The van der Waals surface area contributed by atoms with Gasteiger partial charge in [0, 0.05) is 39.5 Å². The maximum Gasteiger partial charge on any atom is 0.191 e. The van der Waals surface area contributed by atoms with Crippen LogP contribution in [0.15, 0.2) is 4.99 Å². The summed E-state index contributed by atoms with van der Waals surface area (Å²) in [5.74, 6) is 0.826. The third-order valence-electron chi connectivity index (χ3n) is 3.24.